The highest BCUT2D eigenvalue weighted by Crippen LogP contribution is 2.43. The van der Waals surface area contributed by atoms with Crippen molar-refractivity contribution in [3.05, 3.63) is 60.7 Å². The summed E-state index contributed by atoms with van der Waals surface area (Å²) in [4.78, 5) is 19.1. The molecule has 0 fully saturated rings. The first kappa shape index (κ1) is 29.1. The zero-order valence-electron chi connectivity index (χ0n) is 22.5. The van der Waals surface area contributed by atoms with Gasteiger partial charge in [-0.2, -0.15) is 0 Å². The predicted molar refractivity (Wildman–Crippen MR) is 162 cm³/mol. The van der Waals surface area contributed by atoms with Gasteiger partial charge in [-0.25, -0.2) is 15.6 Å². The van der Waals surface area contributed by atoms with Gasteiger partial charge in [0.25, 0.3) is 0 Å². The number of alkyl halides is 2. The molecule has 40 heavy (non-hydrogen) atoms. The summed E-state index contributed by atoms with van der Waals surface area (Å²) in [5.74, 6) is 7.67. The van der Waals surface area contributed by atoms with Gasteiger partial charge in [0, 0.05) is 52.7 Å². The third kappa shape index (κ3) is 6.12. The van der Waals surface area contributed by atoms with Gasteiger partial charge in [0.15, 0.2) is 11.5 Å². The fraction of sp³-hybridized carbons (Fsp3) is 0.241. The zero-order valence-corrected chi connectivity index (χ0v) is 24.0. The molecule has 0 radical (unpaired) electrons. The Balaban J connectivity index is 2.01. The fourth-order valence-electron chi connectivity index (χ4n) is 4.60. The summed E-state index contributed by atoms with van der Waals surface area (Å²) >= 11 is 12.3. The number of benzene rings is 3. The van der Waals surface area contributed by atoms with Gasteiger partial charge >= 0.3 is 6.03 Å². The number of pyridine rings is 1. The second-order valence-corrected chi connectivity index (χ2v) is 9.44. The summed E-state index contributed by atoms with van der Waals surface area (Å²) in [6, 6.07) is 18.7. The number of halogens is 2. The first-order valence-electron chi connectivity index (χ1n) is 12.5. The van der Waals surface area contributed by atoms with Crippen LogP contribution >= 0.6 is 23.2 Å². The van der Waals surface area contributed by atoms with Crippen molar-refractivity contribution in [3.63, 3.8) is 0 Å². The van der Waals surface area contributed by atoms with E-state index in [1.54, 1.807) is 21.3 Å². The summed E-state index contributed by atoms with van der Waals surface area (Å²) in [6.45, 7) is 1.17. The molecule has 0 unspecified atom stereocenters. The van der Waals surface area contributed by atoms with E-state index >= 15 is 0 Å². The maximum atomic E-state index is 12.0. The number of ether oxygens (including phenoxy) is 3. The SMILES string of the molecule is COc1cc(-c2cc(-c3cc(NC(=O)NN)ccc3N(CCCl)CCCl)c3ccccc3n2)cc(OC)c1OC. The number of nitrogens with two attached hydrogens (primary N) is 1. The van der Waals surface area contributed by atoms with Crippen LogP contribution in [-0.2, 0) is 0 Å². The molecule has 11 heteroatoms. The zero-order chi connectivity index (χ0) is 28.6. The molecule has 0 aliphatic heterocycles. The van der Waals surface area contributed by atoms with Crippen molar-refractivity contribution in [1.29, 1.82) is 0 Å². The molecule has 0 aliphatic carbocycles. The van der Waals surface area contributed by atoms with Crippen LogP contribution < -0.4 is 35.7 Å². The van der Waals surface area contributed by atoms with Gasteiger partial charge in [-0.05, 0) is 48.0 Å². The van der Waals surface area contributed by atoms with Gasteiger partial charge in [0.1, 0.15) is 0 Å². The molecule has 1 aromatic heterocycles. The van der Waals surface area contributed by atoms with E-state index in [-0.39, 0.29) is 0 Å². The van der Waals surface area contributed by atoms with E-state index in [0.29, 0.717) is 53.5 Å². The third-order valence-corrected chi connectivity index (χ3v) is 6.74. The number of fused-ring (bicyclic) bond motifs is 1. The molecule has 4 rings (SSSR count). The Morgan fingerprint density at radius 1 is 0.900 bits per heavy atom. The van der Waals surface area contributed by atoms with Crippen molar-refractivity contribution < 1.29 is 19.0 Å². The minimum absolute atomic E-state index is 0.416. The summed E-state index contributed by atoms with van der Waals surface area (Å²) in [5, 5.41) is 3.69. The minimum Gasteiger partial charge on any atom is -0.493 e. The van der Waals surface area contributed by atoms with Crippen LogP contribution in [0.5, 0.6) is 17.2 Å². The quantitative estimate of drug-likeness (QED) is 0.0875. The highest BCUT2D eigenvalue weighted by Gasteiger charge is 2.20. The molecule has 2 amide bonds. The average molecular weight is 585 g/mol. The number of carbonyl (C=O) groups excluding carboxylic acids is 1. The lowest BCUT2D eigenvalue weighted by Crippen LogP contribution is -2.34. The number of hydrogen-bond donors (Lipinski definition) is 3. The van der Waals surface area contributed by atoms with Crippen molar-refractivity contribution in [2.24, 2.45) is 5.84 Å². The van der Waals surface area contributed by atoms with Gasteiger partial charge in [-0.3, -0.25) is 5.43 Å². The maximum absolute atomic E-state index is 12.0. The number of hydrogen-bond acceptors (Lipinski definition) is 7. The van der Waals surface area contributed by atoms with E-state index in [9.17, 15) is 4.79 Å². The first-order valence-corrected chi connectivity index (χ1v) is 13.5. The van der Waals surface area contributed by atoms with Crippen molar-refractivity contribution in [3.8, 4) is 39.6 Å². The Hall–Kier alpha value is -3.92. The number of nitrogens with zero attached hydrogens (tertiary/aromatic N) is 2. The maximum Gasteiger partial charge on any atom is 0.333 e. The van der Waals surface area contributed by atoms with E-state index < -0.39 is 6.03 Å². The summed E-state index contributed by atoms with van der Waals surface area (Å²) in [7, 11) is 4.71. The Morgan fingerprint density at radius 2 is 1.57 bits per heavy atom. The number of carbonyl (C=O) groups is 1. The number of hydrazine groups is 1. The van der Waals surface area contributed by atoms with Gasteiger partial charge < -0.3 is 24.4 Å². The lowest BCUT2D eigenvalue weighted by atomic mass is 9.95. The Kier molecular flexibility index (Phi) is 9.76. The van der Waals surface area contributed by atoms with Crippen molar-refractivity contribution in [2.75, 3.05) is 56.4 Å². The van der Waals surface area contributed by atoms with E-state index in [1.165, 1.54) is 0 Å². The second kappa shape index (κ2) is 13.4. The van der Waals surface area contributed by atoms with Crippen LogP contribution in [0.25, 0.3) is 33.3 Å². The fourth-order valence-corrected chi connectivity index (χ4v) is 5.01. The molecule has 0 saturated heterocycles. The molecule has 0 atom stereocenters. The van der Waals surface area contributed by atoms with E-state index in [2.05, 4.69) is 15.6 Å². The number of urea groups is 1. The topological polar surface area (TPSA) is 111 Å². The van der Waals surface area contributed by atoms with Crippen LogP contribution in [0.4, 0.5) is 16.2 Å². The highest BCUT2D eigenvalue weighted by atomic mass is 35.5. The number of amides is 2. The van der Waals surface area contributed by atoms with Crippen LogP contribution in [0.3, 0.4) is 0 Å². The highest BCUT2D eigenvalue weighted by molar-refractivity contribution is 6.18. The molecule has 0 saturated carbocycles. The van der Waals surface area contributed by atoms with Gasteiger partial charge in [0.05, 0.1) is 32.5 Å². The Labute approximate surface area is 243 Å². The van der Waals surface area contributed by atoms with Crippen molar-refractivity contribution in [2.45, 2.75) is 0 Å². The summed E-state index contributed by atoms with van der Waals surface area (Å²) < 4.78 is 16.7. The van der Waals surface area contributed by atoms with Crippen LogP contribution in [0, 0.1) is 0 Å². The van der Waals surface area contributed by atoms with E-state index in [0.717, 1.165) is 33.3 Å². The van der Waals surface area contributed by atoms with Crippen LogP contribution in [0.15, 0.2) is 60.7 Å². The van der Waals surface area contributed by atoms with Crippen LogP contribution in [-0.4, -0.2) is 57.2 Å². The summed E-state index contributed by atoms with van der Waals surface area (Å²) in [6.07, 6.45) is 0. The Morgan fingerprint density at radius 3 is 2.17 bits per heavy atom. The number of para-hydroxylation sites is 1. The summed E-state index contributed by atoms with van der Waals surface area (Å²) in [5.41, 5.74) is 7.59. The smallest absolute Gasteiger partial charge is 0.333 e. The van der Waals surface area contributed by atoms with Crippen molar-refractivity contribution in [1.82, 2.24) is 10.4 Å². The number of methoxy groups -OCH3 is 3. The third-order valence-electron chi connectivity index (χ3n) is 6.40. The second-order valence-electron chi connectivity index (χ2n) is 8.68. The van der Waals surface area contributed by atoms with Crippen LogP contribution in [0.2, 0.25) is 0 Å². The van der Waals surface area contributed by atoms with E-state index in [1.807, 2.05) is 60.7 Å². The Bertz CT molecular complexity index is 1470. The molecular formula is C29H31Cl2N5O4. The lowest BCUT2D eigenvalue weighted by molar-refractivity contribution is 0.252. The molecule has 0 spiro atoms. The normalized spacial score (nSPS) is 10.8. The predicted octanol–water partition coefficient (Wildman–Crippen LogP) is 5.87. The molecule has 9 nitrogen and oxygen atoms in total. The van der Waals surface area contributed by atoms with Crippen molar-refractivity contribution >= 4 is 51.5 Å². The first-order chi connectivity index (χ1) is 19.5. The number of rotatable bonds is 11. The number of nitrogens with one attached hydrogen (secondary N) is 2. The molecule has 4 N–H and O–H groups in total. The molecule has 1 heterocycles. The molecule has 3 aromatic carbocycles. The number of aromatic nitrogens is 1. The van der Waals surface area contributed by atoms with Gasteiger partial charge in [-0.1, -0.05) is 18.2 Å². The molecular weight excluding hydrogens is 553 g/mol. The molecule has 0 bridgehead atoms. The lowest BCUT2D eigenvalue weighted by Gasteiger charge is -2.27. The largest absolute Gasteiger partial charge is 0.493 e. The van der Waals surface area contributed by atoms with E-state index in [4.69, 9.17) is 48.2 Å². The van der Waals surface area contributed by atoms with Gasteiger partial charge in [0.2, 0.25) is 5.75 Å². The van der Waals surface area contributed by atoms with Crippen LogP contribution in [0.1, 0.15) is 0 Å². The average Bonchev–Trinajstić information content (AvgIpc) is 2.99. The molecule has 0 aliphatic rings. The monoisotopic (exact) mass is 583 g/mol. The van der Waals surface area contributed by atoms with Gasteiger partial charge in [-0.15, -0.1) is 23.2 Å². The number of anilines is 2. The standard InChI is InChI=1S/C29H31Cl2N5O4/c1-38-26-14-18(15-27(39-2)28(26)40-3)24-17-21(20-6-4-5-7-23(20)34-24)22-16-19(33-29(37)35-32)8-9-25(22)36(12-10-30)13-11-31/h4-9,14-17H,10-13,32H2,1-3H3,(H2,33,35,37). The molecule has 210 valence electrons. The minimum atomic E-state index is -0.533. The molecule has 4 aromatic rings.